The van der Waals surface area contributed by atoms with Gasteiger partial charge in [-0.2, -0.15) is 0 Å². The molecule has 2 N–H and O–H groups in total. The Labute approximate surface area is 99.2 Å². The summed E-state index contributed by atoms with van der Waals surface area (Å²) < 4.78 is 5.13. The number of urea groups is 1. The number of hydrogen-bond acceptors (Lipinski definition) is 3. The van der Waals surface area contributed by atoms with Crippen molar-refractivity contribution < 1.29 is 19.1 Å². The molecular formula is C11H16N2O4. The zero-order valence-electron chi connectivity index (χ0n) is 9.84. The molecule has 0 saturated carbocycles. The third-order valence-corrected chi connectivity index (χ3v) is 2.31. The lowest BCUT2D eigenvalue weighted by Crippen LogP contribution is -2.46. The molecule has 0 saturated heterocycles. The summed E-state index contributed by atoms with van der Waals surface area (Å²) in [5, 5.41) is 11.1. The van der Waals surface area contributed by atoms with E-state index < -0.39 is 18.0 Å². The number of hydrogen-bond donors (Lipinski definition) is 2. The van der Waals surface area contributed by atoms with E-state index in [4.69, 9.17) is 9.52 Å². The van der Waals surface area contributed by atoms with E-state index in [1.165, 1.54) is 18.1 Å². The molecule has 0 radical (unpaired) electrons. The summed E-state index contributed by atoms with van der Waals surface area (Å²) >= 11 is 0. The minimum Gasteiger partial charge on any atom is -0.480 e. The van der Waals surface area contributed by atoms with Crippen LogP contribution in [0.15, 0.2) is 22.8 Å². The molecule has 0 aliphatic heterocycles. The first-order valence-corrected chi connectivity index (χ1v) is 5.35. The van der Waals surface area contributed by atoms with Crippen molar-refractivity contribution in [1.82, 2.24) is 10.2 Å². The molecule has 0 spiro atoms. The van der Waals surface area contributed by atoms with Crippen LogP contribution < -0.4 is 5.32 Å². The molecule has 1 aromatic rings. The van der Waals surface area contributed by atoms with Crippen molar-refractivity contribution >= 4 is 12.0 Å². The zero-order chi connectivity index (χ0) is 12.8. The molecule has 6 nitrogen and oxygen atoms in total. The van der Waals surface area contributed by atoms with Crippen LogP contribution in [-0.4, -0.2) is 34.6 Å². The maximum Gasteiger partial charge on any atom is 0.325 e. The number of carboxylic acid groups (broad SMARTS) is 1. The van der Waals surface area contributed by atoms with Gasteiger partial charge in [-0.25, -0.2) is 4.79 Å². The Morgan fingerprint density at radius 3 is 2.76 bits per heavy atom. The number of carbonyl (C=O) groups is 2. The number of amides is 2. The van der Waals surface area contributed by atoms with E-state index in [0.717, 1.165) is 0 Å². The molecule has 17 heavy (non-hydrogen) atoms. The normalized spacial score (nSPS) is 11.9. The van der Waals surface area contributed by atoms with Crippen LogP contribution in [0.3, 0.4) is 0 Å². The van der Waals surface area contributed by atoms with Crippen LogP contribution >= 0.6 is 0 Å². The average Bonchev–Trinajstić information content (AvgIpc) is 2.78. The van der Waals surface area contributed by atoms with Crippen LogP contribution in [0.4, 0.5) is 4.79 Å². The second-order valence-corrected chi connectivity index (χ2v) is 3.60. The molecule has 1 heterocycles. The number of carbonyl (C=O) groups excluding carboxylic acids is 1. The Morgan fingerprint density at radius 2 is 2.29 bits per heavy atom. The number of furan rings is 1. The maximum absolute atomic E-state index is 11.7. The van der Waals surface area contributed by atoms with E-state index in [1.54, 1.807) is 12.1 Å². The smallest absolute Gasteiger partial charge is 0.325 e. The minimum absolute atomic E-state index is 0.321. The first kappa shape index (κ1) is 13.1. The monoisotopic (exact) mass is 240 g/mol. The number of nitrogens with one attached hydrogen (secondary N) is 1. The fraction of sp³-hybridized carbons (Fsp3) is 0.455. The molecule has 1 atom stereocenters. The van der Waals surface area contributed by atoms with Gasteiger partial charge >= 0.3 is 12.0 Å². The minimum atomic E-state index is -1.06. The third kappa shape index (κ3) is 3.82. The summed E-state index contributed by atoms with van der Waals surface area (Å²) in [5.74, 6) is -0.405. The van der Waals surface area contributed by atoms with Gasteiger partial charge in [-0.1, -0.05) is 0 Å². The standard InChI is InChI=1S/C11H16N2O4/c1-3-13(7-9-5-4-6-17-9)11(16)12-8(2)10(14)15/h4-6,8H,3,7H2,1-2H3,(H,12,16)(H,14,15)/t8-/m1/s1. The molecule has 0 aromatic carbocycles. The largest absolute Gasteiger partial charge is 0.480 e. The molecule has 94 valence electrons. The van der Waals surface area contributed by atoms with E-state index >= 15 is 0 Å². The molecule has 0 fully saturated rings. The predicted molar refractivity (Wildman–Crippen MR) is 60.4 cm³/mol. The fourth-order valence-corrected chi connectivity index (χ4v) is 1.26. The van der Waals surface area contributed by atoms with E-state index in [9.17, 15) is 9.59 Å². The average molecular weight is 240 g/mol. The predicted octanol–water partition coefficient (Wildman–Crippen LogP) is 1.28. The van der Waals surface area contributed by atoms with Crippen molar-refractivity contribution in [3.05, 3.63) is 24.2 Å². The summed E-state index contributed by atoms with van der Waals surface area (Å²) in [5.41, 5.74) is 0. The van der Waals surface area contributed by atoms with Crippen molar-refractivity contribution in [3.8, 4) is 0 Å². The Kier molecular flexibility index (Phi) is 4.56. The SMILES string of the molecule is CCN(Cc1ccco1)C(=O)N[C@H](C)C(=O)O. The van der Waals surface area contributed by atoms with Crippen LogP contribution in [0.5, 0.6) is 0 Å². The van der Waals surface area contributed by atoms with Gasteiger partial charge in [-0.3, -0.25) is 4.79 Å². The molecule has 0 bridgehead atoms. The fourth-order valence-electron chi connectivity index (χ4n) is 1.26. The van der Waals surface area contributed by atoms with E-state index in [0.29, 0.717) is 18.8 Å². The first-order chi connectivity index (χ1) is 8.04. The third-order valence-electron chi connectivity index (χ3n) is 2.31. The summed E-state index contributed by atoms with van der Waals surface area (Å²) in [6.07, 6.45) is 1.53. The highest BCUT2D eigenvalue weighted by Gasteiger charge is 2.18. The summed E-state index contributed by atoms with van der Waals surface area (Å²) in [6.45, 7) is 4.02. The van der Waals surface area contributed by atoms with Crippen LogP contribution in [0.2, 0.25) is 0 Å². The van der Waals surface area contributed by atoms with E-state index in [1.807, 2.05) is 6.92 Å². The lowest BCUT2D eigenvalue weighted by molar-refractivity contribution is -0.138. The molecule has 0 aliphatic carbocycles. The Bertz CT molecular complexity index is 375. The van der Waals surface area contributed by atoms with Crippen molar-refractivity contribution in [2.75, 3.05) is 6.54 Å². The Morgan fingerprint density at radius 1 is 1.59 bits per heavy atom. The summed E-state index contributed by atoms with van der Waals surface area (Å²) in [6, 6.07) is 2.17. The summed E-state index contributed by atoms with van der Waals surface area (Å²) in [4.78, 5) is 23.8. The molecule has 6 heteroatoms. The van der Waals surface area contributed by atoms with Gasteiger partial charge in [0, 0.05) is 6.54 Å². The number of nitrogens with zero attached hydrogens (tertiary/aromatic N) is 1. The lowest BCUT2D eigenvalue weighted by atomic mass is 10.3. The van der Waals surface area contributed by atoms with Crippen LogP contribution in [0, 0.1) is 0 Å². The van der Waals surface area contributed by atoms with Crippen LogP contribution in [0.25, 0.3) is 0 Å². The van der Waals surface area contributed by atoms with Gasteiger partial charge in [0.1, 0.15) is 11.8 Å². The lowest BCUT2D eigenvalue weighted by Gasteiger charge is -2.21. The second kappa shape index (κ2) is 5.93. The van der Waals surface area contributed by atoms with Crippen molar-refractivity contribution in [2.24, 2.45) is 0 Å². The topological polar surface area (TPSA) is 82.8 Å². The van der Waals surface area contributed by atoms with Crippen molar-refractivity contribution in [2.45, 2.75) is 26.4 Å². The quantitative estimate of drug-likeness (QED) is 0.812. The second-order valence-electron chi connectivity index (χ2n) is 3.60. The van der Waals surface area contributed by atoms with Crippen molar-refractivity contribution in [3.63, 3.8) is 0 Å². The number of aliphatic carboxylic acids is 1. The number of carboxylic acids is 1. The zero-order valence-corrected chi connectivity index (χ0v) is 9.84. The highest BCUT2D eigenvalue weighted by atomic mass is 16.4. The van der Waals surface area contributed by atoms with Crippen LogP contribution in [-0.2, 0) is 11.3 Å². The van der Waals surface area contributed by atoms with E-state index in [2.05, 4.69) is 5.32 Å². The highest BCUT2D eigenvalue weighted by molar-refractivity contribution is 5.82. The molecule has 2 amide bonds. The van der Waals surface area contributed by atoms with Gasteiger partial charge in [0.25, 0.3) is 0 Å². The van der Waals surface area contributed by atoms with Gasteiger partial charge < -0.3 is 19.7 Å². The van der Waals surface area contributed by atoms with Gasteiger partial charge in [-0.15, -0.1) is 0 Å². The van der Waals surface area contributed by atoms with Gasteiger partial charge in [0.15, 0.2) is 0 Å². The molecule has 0 unspecified atom stereocenters. The van der Waals surface area contributed by atoms with Gasteiger partial charge in [0.05, 0.1) is 12.8 Å². The molecule has 1 aromatic heterocycles. The Hall–Kier alpha value is -1.98. The number of rotatable bonds is 5. The molecular weight excluding hydrogens is 224 g/mol. The van der Waals surface area contributed by atoms with Gasteiger partial charge in [-0.05, 0) is 26.0 Å². The molecule has 0 aliphatic rings. The van der Waals surface area contributed by atoms with Gasteiger partial charge in [0.2, 0.25) is 0 Å². The first-order valence-electron chi connectivity index (χ1n) is 5.35. The Balaban J connectivity index is 2.55. The highest BCUT2D eigenvalue weighted by Crippen LogP contribution is 2.05. The van der Waals surface area contributed by atoms with Crippen LogP contribution in [0.1, 0.15) is 19.6 Å². The maximum atomic E-state index is 11.7. The molecule has 1 rings (SSSR count). The van der Waals surface area contributed by atoms with E-state index in [-0.39, 0.29) is 0 Å². The summed E-state index contributed by atoms with van der Waals surface area (Å²) in [7, 11) is 0. The van der Waals surface area contributed by atoms with Crippen molar-refractivity contribution in [1.29, 1.82) is 0 Å².